The Morgan fingerprint density at radius 1 is 0.729 bits per heavy atom. The summed E-state index contributed by atoms with van der Waals surface area (Å²) >= 11 is 0. The molecule has 0 saturated heterocycles. The van der Waals surface area contributed by atoms with Crippen molar-refractivity contribution in [2.24, 2.45) is 0 Å². The van der Waals surface area contributed by atoms with E-state index in [-0.39, 0.29) is 6.42 Å². The molecule has 4 aromatic rings. The molecule has 1 heterocycles. The summed E-state index contributed by atoms with van der Waals surface area (Å²) in [4.78, 5) is 46.7. The summed E-state index contributed by atoms with van der Waals surface area (Å²) in [5.41, 5.74) is 5.01. The van der Waals surface area contributed by atoms with Crippen LogP contribution >= 0.6 is 0 Å². The van der Waals surface area contributed by atoms with Crippen molar-refractivity contribution in [3.05, 3.63) is 102 Å². The number of unbranched alkanes of at least 4 members (excludes halogenated alkanes) is 4. The lowest BCUT2D eigenvalue weighted by molar-refractivity contribution is -0.141. The van der Waals surface area contributed by atoms with Gasteiger partial charge in [0, 0.05) is 35.5 Å². The molecule has 0 aliphatic carbocycles. The zero-order valence-corrected chi connectivity index (χ0v) is 28.1. The maximum atomic E-state index is 13.1. The molecule has 4 rings (SSSR count). The molecule has 3 aromatic carbocycles. The summed E-state index contributed by atoms with van der Waals surface area (Å²) in [6.07, 6.45) is 11.7. The number of hydrogen-bond acceptors (Lipinski definition) is 6. The quantitative estimate of drug-likeness (QED) is 0.0985. The molecule has 0 aliphatic heterocycles. The first-order valence-electron chi connectivity index (χ1n) is 16.8. The van der Waals surface area contributed by atoms with Crippen LogP contribution in [0.25, 0.3) is 22.5 Å². The number of carbonyl (C=O) groups is 3. The van der Waals surface area contributed by atoms with Gasteiger partial charge in [-0.1, -0.05) is 94.5 Å². The number of carbonyl (C=O) groups excluding carboxylic acids is 2. The lowest BCUT2D eigenvalue weighted by Crippen LogP contribution is -2.51. The van der Waals surface area contributed by atoms with E-state index >= 15 is 0 Å². The fraction of sp³-hybridized carbons (Fsp3) is 0.359. The smallest absolute Gasteiger partial charge is 0.325 e. The van der Waals surface area contributed by atoms with E-state index < -0.39 is 29.9 Å². The van der Waals surface area contributed by atoms with Gasteiger partial charge in [-0.25, -0.2) is 9.97 Å². The van der Waals surface area contributed by atoms with Gasteiger partial charge in [-0.05, 0) is 60.7 Å². The van der Waals surface area contributed by atoms with Crippen LogP contribution in [-0.2, 0) is 22.4 Å². The molecule has 48 heavy (non-hydrogen) atoms. The normalized spacial score (nSPS) is 12.1. The highest BCUT2D eigenvalue weighted by Crippen LogP contribution is 2.24. The predicted molar refractivity (Wildman–Crippen MR) is 188 cm³/mol. The molecular formula is C39H46N4O5. The highest BCUT2D eigenvalue weighted by molar-refractivity contribution is 5.98. The van der Waals surface area contributed by atoms with Gasteiger partial charge in [0.15, 0.2) is 5.82 Å². The van der Waals surface area contributed by atoms with Crippen LogP contribution in [0.15, 0.2) is 85.2 Å². The Balaban J connectivity index is 1.39. The molecule has 0 saturated carbocycles. The van der Waals surface area contributed by atoms with Gasteiger partial charge in [0.2, 0.25) is 5.91 Å². The van der Waals surface area contributed by atoms with Crippen molar-refractivity contribution in [1.29, 1.82) is 0 Å². The fourth-order valence-electron chi connectivity index (χ4n) is 5.23. The topological polar surface area (TPSA) is 131 Å². The first kappa shape index (κ1) is 35.8. The minimum absolute atomic E-state index is 0.163. The Kier molecular flexibility index (Phi) is 13.7. The van der Waals surface area contributed by atoms with E-state index in [1.165, 1.54) is 32.6 Å². The molecule has 0 aliphatic rings. The minimum atomic E-state index is -1.16. The van der Waals surface area contributed by atoms with Crippen molar-refractivity contribution in [3.8, 4) is 28.3 Å². The van der Waals surface area contributed by atoms with Gasteiger partial charge in [0.05, 0.1) is 6.61 Å². The van der Waals surface area contributed by atoms with Crippen molar-refractivity contribution in [3.63, 3.8) is 0 Å². The number of benzene rings is 3. The van der Waals surface area contributed by atoms with Gasteiger partial charge in [-0.3, -0.25) is 14.4 Å². The first-order valence-corrected chi connectivity index (χ1v) is 16.8. The van der Waals surface area contributed by atoms with Gasteiger partial charge < -0.3 is 20.5 Å². The average Bonchev–Trinajstić information content (AvgIpc) is 3.10. The molecule has 0 radical (unpaired) electrons. The standard InChI is InChI=1S/C39H46N4O5/c1-4-6-7-8-9-23-48-34-21-19-30(20-22-34)33-25-40-36(41-26-33)31-15-13-29(14-16-31)24-35(38(45)42-27(3)39(46)47)43-37(44)32-17-11-28(10-5-2)12-18-32/h11-22,25-27,35H,4-10,23-24H2,1-3H3,(H,42,45)(H,43,44)(H,46,47). The van der Waals surface area contributed by atoms with Crippen molar-refractivity contribution in [1.82, 2.24) is 20.6 Å². The van der Waals surface area contributed by atoms with Crippen LogP contribution in [0, 0.1) is 0 Å². The summed E-state index contributed by atoms with van der Waals surface area (Å²) in [7, 11) is 0. The summed E-state index contributed by atoms with van der Waals surface area (Å²) in [6.45, 7) is 6.40. The second-order valence-corrected chi connectivity index (χ2v) is 12.0. The van der Waals surface area contributed by atoms with Crippen LogP contribution in [0.2, 0.25) is 0 Å². The van der Waals surface area contributed by atoms with E-state index in [9.17, 15) is 19.5 Å². The molecule has 2 amide bonds. The van der Waals surface area contributed by atoms with E-state index in [2.05, 4.69) is 34.4 Å². The van der Waals surface area contributed by atoms with Crippen molar-refractivity contribution in [2.75, 3.05) is 6.61 Å². The van der Waals surface area contributed by atoms with Crippen LogP contribution in [0.3, 0.4) is 0 Å². The number of carboxylic acid groups (broad SMARTS) is 1. The van der Waals surface area contributed by atoms with Gasteiger partial charge in [-0.15, -0.1) is 0 Å². The van der Waals surface area contributed by atoms with E-state index in [0.717, 1.165) is 59.4 Å². The number of aryl methyl sites for hydroxylation is 1. The monoisotopic (exact) mass is 650 g/mol. The third-order valence-corrected chi connectivity index (χ3v) is 8.11. The molecule has 0 fully saturated rings. The van der Waals surface area contributed by atoms with Crippen LogP contribution in [-0.4, -0.2) is 51.5 Å². The van der Waals surface area contributed by atoms with Gasteiger partial charge >= 0.3 is 5.97 Å². The Morgan fingerprint density at radius 3 is 1.98 bits per heavy atom. The van der Waals surface area contributed by atoms with E-state index in [4.69, 9.17) is 4.74 Å². The molecule has 9 heteroatoms. The summed E-state index contributed by atoms with van der Waals surface area (Å²) < 4.78 is 5.88. The molecule has 252 valence electrons. The molecule has 9 nitrogen and oxygen atoms in total. The van der Waals surface area contributed by atoms with E-state index in [1.807, 2.05) is 60.7 Å². The average molecular weight is 651 g/mol. The van der Waals surface area contributed by atoms with E-state index in [1.54, 1.807) is 24.5 Å². The van der Waals surface area contributed by atoms with Crippen LogP contribution in [0.4, 0.5) is 0 Å². The molecule has 1 aromatic heterocycles. The van der Waals surface area contributed by atoms with Crippen LogP contribution in [0.5, 0.6) is 5.75 Å². The molecule has 0 spiro atoms. The zero-order valence-electron chi connectivity index (χ0n) is 28.1. The lowest BCUT2D eigenvalue weighted by atomic mass is 10.0. The maximum absolute atomic E-state index is 13.1. The Hall–Kier alpha value is -5.05. The first-order chi connectivity index (χ1) is 23.3. The number of ether oxygens (including phenoxy) is 1. The number of hydrogen-bond donors (Lipinski definition) is 3. The van der Waals surface area contributed by atoms with Gasteiger partial charge in [0.1, 0.15) is 17.8 Å². The van der Waals surface area contributed by atoms with Crippen LogP contribution in [0.1, 0.15) is 80.8 Å². The molecule has 3 N–H and O–H groups in total. The molecule has 2 unspecified atom stereocenters. The third kappa shape index (κ3) is 10.8. The Morgan fingerprint density at radius 2 is 1.35 bits per heavy atom. The van der Waals surface area contributed by atoms with E-state index in [0.29, 0.717) is 11.4 Å². The number of amides is 2. The maximum Gasteiger partial charge on any atom is 0.325 e. The largest absolute Gasteiger partial charge is 0.494 e. The van der Waals surface area contributed by atoms with Crippen molar-refractivity contribution in [2.45, 2.75) is 84.2 Å². The lowest BCUT2D eigenvalue weighted by Gasteiger charge is -2.20. The summed E-state index contributed by atoms with van der Waals surface area (Å²) in [5, 5.41) is 14.6. The van der Waals surface area contributed by atoms with Gasteiger partial charge in [0.25, 0.3) is 5.91 Å². The molecule has 2 atom stereocenters. The minimum Gasteiger partial charge on any atom is -0.494 e. The van der Waals surface area contributed by atoms with Crippen molar-refractivity contribution < 1.29 is 24.2 Å². The third-order valence-electron chi connectivity index (χ3n) is 8.11. The summed E-state index contributed by atoms with van der Waals surface area (Å²) in [5.74, 6) is -0.747. The Bertz CT molecular complexity index is 1600. The summed E-state index contributed by atoms with van der Waals surface area (Å²) in [6, 6.07) is 20.5. The SMILES string of the molecule is CCCCCCCOc1ccc(-c2cnc(-c3ccc(CC(NC(=O)c4ccc(CCC)cc4)C(=O)NC(C)C(=O)O)cc3)nc2)cc1. The number of aliphatic carboxylic acids is 1. The van der Waals surface area contributed by atoms with Gasteiger partial charge in [-0.2, -0.15) is 0 Å². The Labute approximate surface area is 283 Å². The highest BCUT2D eigenvalue weighted by atomic mass is 16.5. The second-order valence-electron chi connectivity index (χ2n) is 12.0. The number of rotatable bonds is 18. The number of aromatic nitrogens is 2. The van der Waals surface area contributed by atoms with Crippen LogP contribution < -0.4 is 15.4 Å². The number of nitrogens with zero attached hydrogens (tertiary/aromatic N) is 2. The predicted octanol–water partition coefficient (Wildman–Crippen LogP) is 7.04. The second kappa shape index (κ2) is 18.3. The van der Waals surface area contributed by atoms with Crippen molar-refractivity contribution >= 4 is 17.8 Å². The molecule has 0 bridgehead atoms. The number of carboxylic acids is 1. The fourth-order valence-corrected chi connectivity index (χ4v) is 5.23. The highest BCUT2D eigenvalue weighted by Gasteiger charge is 2.25. The molecular weight excluding hydrogens is 604 g/mol. The zero-order chi connectivity index (χ0) is 34.3. The number of nitrogens with one attached hydrogen (secondary N) is 2.